The van der Waals surface area contributed by atoms with E-state index in [4.69, 9.17) is 5.73 Å². The minimum absolute atomic E-state index is 0.415. The first-order valence-electron chi connectivity index (χ1n) is 3.70. The molecule has 0 bridgehead atoms. The van der Waals surface area contributed by atoms with Crippen LogP contribution in [0, 0.1) is 0 Å². The Bertz CT molecular complexity index is 120. The van der Waals surface area contributed by atoms with Gasteiger partial charge in [0, 0.05) is 11.8 Å². The van der Waals surface area contributed by atoms with Crippen molar-refractivity contribution in [3.05, 3.63) is 0 Å². The van der Waals surface area contributed by atoms with Crippen LogP contribution in [0.3, 0.4) is 0 Å². The Labute approximate surface area is 66.2 Å². The molecular formula is C7H15NOS. The van der Waals surface area contributed by atoms with E-state index in [1.165, 1.54) is 0 Å². The molecule has 1 heterocycles. The molecule has 0 amide bonds. The van der Waals surface area contributed by atoms with Crippen LogP contribution in [-0.4, -0.2) is 28.3 Å². The van der Waals surface area contributed by atoms with Gasteiger partial charge in [-0.2, -0.15) is 11.8 Å². The molecule has 1 aliphatic heterocycles. The molecular weight excluding hydrogens is 146 g/mol. The summed E-state index contributed by atoms with van der Waals surface area (Å²) in [4.78, 5) is 0. The van der Waals surface area contributed by atoms with Crippen LogP contribution in [0.15, 0.2) is 0 Å². The molecule has 0 aliphatic carbocycles. The van der Waals surface area contributed by atoms with Gasteiger partial charge in [0.15, 0.2) is 0 Å². The molecule has 1 saturated heterocycles. The zero-order valence-electron chi connectivity index (χ0n) is 6.34. The molecule has 3 heteroatoms. The number of thioether (sulfide) groups is 1. The number of aliphatic hydroxyl groups is 1. The molecule has 1 fully saturated rings. The van der Waals surface area contributed by atoms with Crippen molar-refractivity contribution in [1.29, 1.82) is 0 Å². The first-order chi connectivity index (χ1) is 4.66. The number of hydrogen-bond acceptors (Lipinski definition) is 3. The van der Waals surface area contributed by atoms with Crippen LogP contribution >= 0.6 is 11.8 Å². The van der Waals surface area contributed by atoms with Crippen LogP contribution in [0.1, 0.15) is 19.8 Å². The number of rotatable bonds is 1. The third-order valence-corrected chi connectivity index (χ3v) is 3.19. The van der Waals surface area contributed by atoms with Crippen molar-refractivity contribution < 1.29 is 5.11 Å². The molecule has 2 atom stereocenters. The highest BCUT2D eigenvalue weighted by molar-refractivity contribution is 7.99. The van der Waals surface area contributed by atoms with Gasteiger partial charge in [0.25, 0.3) is 0 Å². The largest absolute Gasteiger partial charge is 0.388 e. The van der Waals surface area contributed by atoms with Crippen molar-refractivity contribution in [2.24, 2.45) is 5.73 Å². The van der Waals surface area contributed by atoms with E-state index < -0.39 is 5.60 Å². The second kappa shape index (κ2) is 3.11. The normalized spacial score (nSPS) is 41.7. The quantitative estimate of drug-likeness (QED) is 0.592. The van der Waals surface area contributed by atoms with Crippen molar-refractivity contribution >= 4 is 11.8 Å². The fraction of sp³-hybridized carbons (Fsp3) is 1.00. The summed E-state index contributed by atoms with van der Waals surface area (Å²) in [6, 6.07) is 0. The van der Waals surface area contributed by atoms with E-state index in [-0.39, 0.29) is 0 Å². The molecule has 1 aliphatic rings. The lowest BCUT2D eigenvalue weighted by Gasteiger charge is -2.33. The van der Waals surface area contributed by atoms with Gasteiger partial charge in [0.1, 0.15) is 0 Å². The Morgan fingerprint density at radius 3 is 2.90 bits per heavy atom. The van der Waals surface area contributed by atoms with Gasteiger partial charge in [0.2, 0.25) is 0 Å². The van der Waals surface area contributed by atoms with Gasteiger partial charge in [-0.3, -0.25) is 0 Å². The first-order valence-corrected chi connectivity index (χ1v) is 4.75. The third kappa shape index (κ3) is 1.87. The molecule has 0 saturated carbocycles. The summed E-state index contributed by atoms with van der Waals surface area (Å²) in [5.41, 5.74) is 4.89. The summed E-state index contributed by atoms with van der Waals surface area (Å²) in [7, 11) is 0. The predicted molar refractivity (Wildman–Crippen MR) is 45.2 cm³/mol. The lowest BCUT2D eigenvalue weighted by atomic mass is 9.94. The highest BCUT2D eigenvalue weighted by Crippen LogP contribution is 2.31. The molecule has 2 unspecified atom stereocenters. The van der Waals surface area contributed by atoms with Gasteiger partial charge in [0.05, 0.1) is 5.60 Å². The highest BCUT2D eigenvalue weighted by atomic mass is 32.2. The van der Waals surface area contributed by atoms with E-state index in [1.54, 1.807) is 0 Å². The molecule has 0 spiro atoms. The van der Waals surface area contributed by atoms with Crippen molar-refractivity contribution in [2.75, 3.05) is 12.3 Å². The molecule has 3 N–H and O–H groups in total. The SMILES string of the molecule is CC1CC(O)(CN)CCS1. The molecule has 0 radical (unpaired) electrons. The fourth-order valence-corrected chi connectivity index (χ4v) is 2.66. The van der Waals surface area contributed by atoms with Crippen LogP contribution < -0.4 is 5.73 Å². The summed E-state index contributed by atoms with van der Waals surface area (Å²) < 4.78 is 0. The highest BCUT2D eigenvalue weighted by Gasteiger charge is 2.31. The van der Waals surface area contributed by atoms with Crippen LogP contribution in [0.2, 0.25) is 0 Å². The zero-order valence-corrected chi connectivity index (χ0v) is 7.16. The van der Waals surface area contributed by atoms with Gasteiger partial charge in [-0.25, -0.2) is 0 Å². The summed E-state index contributed by atoms with van der Waals surface area (Å²) in [5, 5.41) is 10.3. The second-order valence-corrected chi connectivity index (χ2v) is 4.61. The second-order valence-electron chi connectivity index (χ2n) is 3.06. The van der Waals surface area contributed by atoms with Gasteiger partial charge in [-0.1, -0.05) is 6.92 Å². The van der Waals surface area contributed by atoms with E-state index in [0.717, 1.165) is 18.6 Å². The van der Waals surface area contributed by atoms with E-state index in [0.29, 0.717) is 11.8 Å². The smallest absolute Gasteiger partial charge is 0.0787 e. The Morgan fingerprint density at radius 1 is 1.80 bits per heavy atom. The summed E-state index contributed by atoms with van der Waals surface area (Å²) >= 11 is 1.92. The standard InChI is InChI=1S/C7H15NOS/c1-6-4-7(9,5-8)2-3-10-6/h6,9H,2-5,8H2,1H3. The molecule has 2 nitrogen and oxygen atoms in total. The summed E-state index contributed by atoms with van der Waals surface area (Å²) in [5.74, 6) is 1.05. The van der Waals surface area contributed by atoms with Crippen molar-refractivity contribution in [1.82, 2.24) is 0 Å². The lowest BCUT2D eigenvalue weighted by molar-refractivity contribution is 0.0350. The van der Waals surface area contributed by atoms with Gasteiger partial charge < -0.3 is 10.8 Å². The molecule has 10 heavy (non-hydrogen) atoms. The van der Waals surface area contributed by atoms with Crippen LogP contribution in [0.4, 0.5) is 0 Å². The Balaban J connectivity index is 2.45. The molecule has 0 aromatic rings. The number of hydrogen-bond donors (Lipinski definition) is 2. The summed E-state index contributed by atoms with van der Waals surface area (Å²) in [6.45, 7) is 2.56. The fourth-order valence-electron chi connectivity index (χ4n) is 1.33. The molecule has 0 aromatic carbocycles. The Hall–Kier alpha value is 0.270. The van der Waals surface area contributed by atoms with Crippen molar-refractivity contribution in [3.8, 4) is 0 Å². The molecule has 1 rings (SSSR count). The minimum atomic E-state index is -0.551. The third-order valence-electron chi connectivity index (χ3n) is 2.02. The first kappa shape index (κ1) is 8.37. The van der Waals surface area contributed by atoms with E-state index >= 15 is 0 Å². The van der Waals surface area contributed by atoms with Gasteiger partial charge >= 0.3 is 0 Å². The van der Waals surface area contributed by atoms with E-state index in [1.807, 2.05) is 11.8 Å². The zero-order chi connectivity index (χ0) is 7.61. The van der Waals surface area contributed by atoms with E-state index in [2.05, 4.69) is 6.92 Å². The van der Waals surface area contributed by atoms with Crippen LogP contribution in [-0.2, 0) is 0 Å². The predicted octanol–water partition coefficient (Wildman–Crippen LogP) is 0.592. The van der Waals surface area contributed by atoms with Crippen molar-refractivity contribution in [2.45, 2.75) is 30.6 Å². The Kier molecular flexibility index (Phi) is 2.61. The lowest BCUT2D eigenvalue weighted by Crippen LogP contribution is -2.42. The summed E-state index contributed by atoms with van der Waals surface area (Å²) in [6.07, 6.45) is 1.71. The van der Waals surface area contributed by atoms with Gasteiger partial charge in [-0.15, -0.1) is 0 Å². The monoisotopic (exact) mass is 161 g/mol. The number of nitrogens with two attached hydrogens (primary N) is 1. The average Bonchev–Trinajstić information content (AvgIpc) is 1.88. The van der Waals surface area contributed by atoms with E-state index in [9.17, 15) is 5.11 Å². The maximum Gasteiger partial charge on any atom is 0.0787 e. The molecule has 0 aromatic heterocycles. The van der Waals surface area contributed by atoms with Crippen molar-refractivity contribution in [3.63, 3.8) is 0 Å². The minimum Gasteiger partial charge on any atom is -0.388 e. The van der Waals surface area contributed by atoms with Crippen LogP contribution in [0.25, 0.3) is 0 Å². The molecule has 60 valence electrons. The topological polar surface area (TPSA) is 46.2 Å². The maximum atomic E-state index is 9.71. The van der Waals surface area contributed by atoms with Gasteiger partial charge in [-0.05, 0) is 18.6 Å². The van der Waals surface area contributed by atoms with Crippen LogP contribution in [0.5, 0.6) is 0 Å². The maximum absolute atomic E-state index is 9.71. The average molecular weight is 161 g/mol. The Morgan fingerprint density at radius 2 is 2.50 bits per heavy atom.